The minimum Gasteiger partial charge on any atom is -0.461 e. The lowest BCUT2D eigenvalue weighted by Crippen LogP contribution is -2.43. The Balaban J connectivity index is 1.33. The maximum Gasteiger partial charge on any atom is 0.319 e. The molecule has 0 aliphatic carbocycles. The summed E-state index contributed by atoms with van der Waals surface area (Å²) >= 11 is 8.27. The molecule has 10 nitrogen and oxygen atoms in total. The van der Waals surface area contributed by atoms with Gasteiger partial charge in [-0.2, -0.15) is 15.2 Å². The molecule has 0 radical (unpaired) electrons. The molecule has 232 valence electrons. The van der Waals surface area contributed by atoms with Gasteiger partial charge in [0, 0.05) is 30.5 Å². The van der Waals surface area contributed by atoms with Gasteiger partial charge in [-0.05, 0) is 48.6 Å². The molecule has 4 aliphatic rings. The smallest absolute Gasteiger partial charge is 0.319 e. The van der Waals surface area contributed by atoms with Crippen molar-refractivity contribution in [1.82, 2.24) is 20.2 Å². The van der Waals surface area contributed by atoms with Gasteiger partial charge in [-0.15, -0.1) is 11.3 Å². The topological polar surface area (TPSA) is 138 Å². The number of thiophene rings is 1. The third kappa shape index (κ3) is 4.41. The molecule has 3 saturated heterocycles. The van der Waals surface area contributed by atoms with Crippen molar-refractivity contribution in [2.45, 2.75) is 56.6 Å². The SMILES string of the molecule is N#Cc1c(N)sc2c(F)ccc(-c3c4c(c5c(N[C@@H]6CCNC6=O)nc(OC[C@@]67CCCN6C[C@H](F)C7)nc5c3Cl)COC4)c12. The van der Waals surface area contributed by atoms with Crippen LogP contribution in [0.4, 0.5) is 19.6 Å². The number of nitrogen functional groups attached to an aromatic ring is 1. The van der Waals surface area contributed by atoms with Crippen molar-refractivity contribution in [3.8, 4) is 23.2 Å². The summed E-state index contributed by atoms with van der Waals surface area (Å²) < 4.78 is 41.9. The summed E-state index contributed by atoms with van der Waals surface area (Å²) in [5.41, 5.74) is 8.88. The molecule has 14 heteroatoms. The number of nitrogens with zero attached hydrogens (tertiary/aromatic N) is 4. The number of nitriles is 1. The van der Waals surface area contributed by atoms with Crippen LogP contribution in [-0.4, -0.2) is 64.8 Å². The molecule has 3 fully saturated rings. The molecule has 2 aromatic heterocycles. The summed E-state index contributed by atoms with van der Waals surface area (Å²) in [5, 5.41) is 17.5. The third-order valence-electron chi connectivity index (χ3n) is 9.57. The normalized spacial score (nSPS) is 24.3. The number of carbonyl (C=O) groups is 1. The molecule has 0 saturated carbocycles. The maximum atomic E-state index is 15.0. The summed E-state index contributed by atoms with van der Waals surface area (Å²) in [6, 6.07) is 4.58. The number of anilines is 2. The molecule has 6 heterocycles. The van der Waals surface area contributed by atoms with Crippen LogP contribution in [0, 0.1) is 17.1 Å². The first-order chi connectivity index (χ1) is 21.8. The van der Waals surface area contributed by atoms with Gasteiger partial charge in [0.15, 0.2) is 0 Å². The van der Waals surface area contributed by atoms with E-state index in [0.29, 0.717) is 59.2 Å². The van der Waals surface area contributed by atoms with Crippen LogP contribution < -0.4 is 21.1 Å². The van der Waals surface area contributed by atoms with E-state index in [1.807, 2.05) is 0 Å². The lowest BCUT2D eigenvalue weighted by atomic mass is 9.91. The van der Waals surface area contributed by atoms with Crippen LogP contribution in [0.5, 0.6) is 6.01 Å². The van der Waals surface area contributed by atoms with Crippen molar-refractivity contribution in [3.05, 3.63) is 39.7 Å². The van der Waals surface area contributed by atoms with Crippen LogP contribution in [0.15, 0.2) is 12.1 Å². The van der Waals surface area contributed by atoms with Gasteiger partial charge in [0.25, 0.3) is 0 Å². The van der Waals surface area contributed by atoms with Crippen molar-refractivity contribution >= 4 is 60.7 Å². The van der Waals surface area contributed by atoms with Crippen molar-refractivity contribution < 1.29 is 23.0 Å². The molecular weight excluding hydrogens is 624 g/mol. The number of fused-ring (bicyclic) bond motifs is 5. The van der Waals surface area contributed by atoms with Gasteiger partial charge in [-0.25, -0.2) is 8.78 Å². The van der Waals surface area contributed by atoms with E-state index in [1.165, 1.54) is 6.07 Å². The number of aromatic nitrogens is 2. The number of ether oxygens (including phenoxy) is 2. The van der Waals surface area contributed by atoms with Crippen molar-refractivity contribution in [2.24, 2.45) is 0 Å². The number of nitrogens with two attached hydrogens (primary N) is 1. The van der Waals surface area contributed by atoms with Gasteiger partial charge in [0.05, 0.1) is 44.9 Å². The maximum absolute atomic E-state index is 15.0. The molecule has 1 amide bonds. The van der Waals surface area contributed by atoms with Gasteiger partial charge in [-0.1, -0.05) is 17.7 Å². The van der Waals surface area contributed by atoms with Gasteiger partial charge < -0.3 is 25.8 Å². The standard InChI is InChI=1S/C31H28ClF2N7O3S/c32-24-21(15-2-3-19(34)26-22(15)16(9-35)27(36)45-26)17-11-43-12-18(17)23-25(24)39-30(40-28(23)38-20-4-6-37-29(20)42)44-13-31-5-1-7-41(31)10-14(33)8-31/h2-3,14,20H,1,4-8,10-13,36H2,(H,37,42)(H,38,39,40)/t14-,20-,31+/m1/s1. The number of rotatable bonds is 6. The van der Waals surface area contributed by atoms with Gasteiger partial charge >= 0.3 is 6.01 Å². The first-order valence-electron chi connectivity index (χ1n) is 14.9. The van der Waals surface area contributed by atoms with Gasteiger partial charge in [0.2, 0.25) is 5.91 Å². The van der Waals surface area contributed by atoms with E-state index < -0.39 is 23.6 Å². The highest BCUT2D eigenvalue weighted by Gasteiger charge is 2.49. The summed E-state index contributed by atoms with van der Waals surface area (Å²) in [5.74, 6) is -0.253. The molecule has 4 aliphatic heterocycles. The van der Waals surface area contributed by atoms with E-state index >= 15 is 0 Å². The first-order valence-corrected chi connectivity index (χ1v) is 16.1. The number of amides is 1. The number of hydrogen-bond donors (Lipinski definition) is 3. The van der Waals surface area contributed by atoms with Crippen LogP contribution in [-0.2, 0) is 22.7 Å². The number of benzene rings is 2. The molecule has 3 atom stereocenters. The van der Waals surface area contributed by atoms with Crippen LogP contribution in [0.25, 0.3) is 32.1 Å². The number of nitrogens with one attached hydrogen (secondary N) is 2. The Morgan fingerprint density at radius 1 is 1.31 bits per heavy atom. The quantitative estimate of drug-likeness (QED) is 0.262. The summed E-state index contributed by atoms with van der Waals surface area (Å²) in [6.45, 7) is 2.38. The van der Waals surface area contributed by atoms with Crippen LogP contribution in [0.2, 0.25) is 5.02 Å². The lowest BCUT2D eigenvalue weighted by molar-refractivity contribution is -0.119. The number of carbonyl (C=O) groups excluding carboxylic acids is 1. The Labute approximate surface area is 265 Å². The Bertz CT molecular complexity index is 1970. The Morgan fingerprint density at radius 2 is 2.16 bits per heavy atom. The van der Waals surface area contributed by atoms with Crippen LogP contribution >= 0.6 is 22.9 Å². The second-order valence-corrected chi connectivity index (χ2v) is 13.5. The molecule has 8 rings (SSSR count). The highest BCUT2D eigenvalue weighted by atomic mass is 35.5. The third-order valence-corrected chi connectivity index (χ3v) is 11.0. The van der Waals surface area contributed by atoms with Gasteiger partial charge in [0.1, 0.15) is 41.5 Å². The number of alkyl halides is 1. The second-order valence-electron chi connectivity index (χ2n) is 12.1. The molecule has 0 spiro atoms. The predicted octanol–water partition coefficient (Wildman–Crippen LogP) is 5.04. The molecule has 2 aromatic carbocycles. The highest BCUT2D eigenvalue weighted by Crippen LogP contribution is 2.49. The van der Waals surface area contributed by atoms with E-state index in [1.54, 1.807) is 6.07 Å². The van der Waals surface area contributed by atoms with E-state index in [0.717, 1.165) is 41.9 Å². The molecule has 0 bridgehead atoms. The predicted molar refractivity (Wildman–Crippen MR) is 167 cm³/mol. The Hall–Kier alpha value is -3.83. The fourth-order valence-electron chi connectivity index (χ4n) is 7.51. The average Bonchev–Trinajstić information content (AvgIpc) is 3.83. The van der Waals surface area contributed by atoms with Crippen molar-refractivity contribution in [3.63, 3.8) is 0 Å². The van der Waals surface area contributed by atoms with Gasteiger partial charge in [-0.3, -0.25) is 9.69 Å². The summed E-state index contributed by atoms with van der Waals surface area (Å²) in [6.07, 6.45) is 1.81. The number of hydrogen-bond acceptors (Lipinski definition) is 10. The van der Waals surface area contributed by atoms with E-state index in [4.69, 9.17) is 36.8 Å². The van der Waals surface area contributed by atoms with E-state index in [9.17, 15) is 18.8 Å². The minimum absolute atomic E-state index is 0.0420. The molecule has 45 heavy (non-hydrogen) atoms. The fourth-order valence-corrected chi connectivity index (χ4v) is 8.82. The van der Waals surface area contributed by atoms with Crippen molar-refractivity contribution in [2.75, 3.05) is 37.3 Å². The zero-order chi connectivity index (χ0) is 31.0. The number of halogens is 3. The van der Waals surface area contributed by atoms with Crippen LogP contribution in [0.3, 0.4) is 0 Å². The van der Waals surface area contributed by atoms with E-state index in [2.05, 4.69) is 21.6 Å². The minimum atomic E-state index is -0.916. The zero-order valence-corrected chi connectivity index (χ0v) is 25.6. The molecule has 4 N–H and O–H groups in total. The van der Waals surface area contributed by atoms with Crippen LogP contribution in [0.1, 0.15) is 42.4 Å². The molecule has 4 aromatic rings. The molecular formula is C31H28ClF2N7O3S. The fraction of sp³-hybridized carbons (Fsp3) is 0.419. The summed E-state index contributed by atoms with van der Waals surface area (Å²) in [7, 11) is 0. The monoisotopic (exact) mass is 651 g/mol. The van der Waals surface area contributed by atoms with Crippen molar-refractivity contribution in [1.29, 1.82) is 5.26 Å². The highest BCUT2D eigenvalue weighted by molar-refractivity contribution is 7.23. The Kier molecular flexibility index (Phi) is 6.76. The van der Waals surface area contributed by atoms with E-state index in [-0.39, 0.29) is 52.0 Å². The lowest BCUT2D eigenvalue weighted by Gasteiger charge is -2.31. The Morgan fingerprint density at radius 3 is 2.96 bits per heavy atom. The second kappa shape index (κ2) is 10.6. The zero-order valence-electron chi connectivity index (χ0n) is 24.0. The molecule has 0 unspecified atom stereocenters. The summed E-state index contributed by atoms with van der Waals surface area (Å²) in [4.78, 5) is 24.3. The average molecular weight is 652 g/mol. The first kappa shape index (κ1) is 28.6. The largest absolute Gasteiger partial charge is 0.461 e.